The third-order valence-corrected chi connectivity index (χ3v) is 4.82. The number of rotatable bonds is 6. The molecule has 0 saturated carbocycles. The maximum Gasteiger partial charge on any atom is 0.356 e. The second-order valence-electron chi connectivity index (χ2n) is 7.12. The molecule has 2 atom stereocenters. The van der Waals surface area contributed by atoms with Crippen LogP contribution in [0, 0.1) is 0 Å². The van der Waals surface area contributed by atoms with Crippen LogP contribution >= 0.6 is 0 Å². The largest absolute Gasteiger partial charge is 0.493 e. The minimum Gasteiger partial charge on any atom is -0.493 e. The Balaban J connectivity index is 1.91. The number of aromatic amines is 1. The van der Waals surface area contributed by atoms with E-state index in [1.54, 1.807) is 12.1 Å². The first kappa shape index (κ1) is 20.9. The molecular weight excluding hydrogens is 378 g/mol. The Morgan fingerprint density at radius 3 is 2.34 bits per heavy atom. The second-order valence-corrected chi connectivity index (χ2v) is 7.12. The fraction of sp³-hybridized carbons (Fsp3) is 0.500. The van der Waals surface area contributed by atoms with Crippen molar-refractivity contribution in [3.05, 3.63) is 17.8 Å². The normalized spacial score (nSPS) is 19.8. The van der Waals surface area contributed by atoms with E-state index in [1.807, 2.05) is 18.7 Å². The summed E-state index contributed by atoms with van der Waals surface area (Å²) in [7, 11) is 4.34. The van der Waals surface area contributed by atoms with Gasteiger partial charge >= 0.3 is 5.97 Å². The molecule has 1 aromatic heterocycles. The van der Waals surface area contributed by atoms with Crippen molar-refractivity contribution in [1.82, 2.24) is 9.88 Å². The number of amides is 1. The number of nitrogens with zero attached hydrogens (tertiary/aromatic N) is 1. The van der Waals surface area contributed by atoms with Gasteiger partial charge in [-0.25, -0.2) is 4.79 Å². The maximum absolute atomic E-state index is 12.8. The average Bonchev–Trinajstić information content (AvgIpc) is 3.02. The molecule has 9 nitrogen and oxygen atoms in total. The molecule has 29 heavy (non-hydrogen) atoms. The summed E-state index contributed by atoms with van der Waals surface area (Å²) in [5.74, 6) is 0.184. The number of morpholine rings is 1. The van der Waals surface area contributed by atoms with Crippen LogP contribution in [0.15, 0.2) is 12.1 Å². The molecular formula is C20H27N3O6. The molecule has 2 aromatic rings. The lowest BCUT2D eigenvalue weighted by Gasteiger charge is -2.34. The number of fused-ring (bicyclic) bond motifs is 1. The van der Waals surface area contributed by atoms with Crippen molar-refractivity contribution in [2.24, 2.45) is 0 Å². The zero-order valence-electron chi connectivity index (χ0n) is 17.3. The monoisotopic (exact) mass is 405 g/mol. The molecule has 1 aliphatic heterocycles. The molecule has 3 rings (SSSR count). The van der Waals surface area contributed by atoms with E-state index < -0.39 is 5.97 Å². The smallest absolute Gasteiger partial charge is 0.356 e. The number of hydrogen-bond donors (Lipinski definition) is 2. The first-order valence-electron chi connectivity index (χ1n) is 9.39. The molecule has 0 bridgehead atoms. The molecule has 2 heterocycles. The fourth-order valence-corrected chi connectivity index (χ4v) is 3.70. The van der Waals surface area contributed by atoms with Crippen LogP contribution in [0.25, 0.3) is 10.9 Å². The zero-order valence-corrected chi connectivity index (χ0v) is 17.3. The van der Waals surface area contributed by atoms with Gasteiger partial charge in [0.25, 0.3) is 0 Å². The van der Waals surface area contributed by atoms with E-state index in [4.69, 9.17) is 18.9 Å². The molecule has 9 heteroatoms. The van der Waals surface area contributed by atoms with E-state index in [0.29, 0.717) is 41.2 Å². The van der Waals surface area contributed by atoms with Crippen LogP contribution < -0.4 is 14.8 Å². The van der Waals surface area contributed by atoms with Crippen LogP contribution in [0.4, 0.5) is 5.69 Å². The van der Waals surface area contributed by atoms with Crippen LogP contribution in [0.5, 0.6) is 11.5 Å². The number of nitrogens with one attached hydrogen (secondary N) is 2. The highest BCUT2D eigenvalue weighted by Gasteiger charge is 2.26. The van der Waals surface area contributed by atoms with Crippen molar-refractivity contribution >= 4 is 28.5 Å². The lowest BCUT2D eigenvalue weighted by Crippen LogP contribution is -2.48. The molecule has 0 radical (unpaired) electrons. The minimum absolute atomic E-state index is 0.0574. The molecule has 0 spiro atoms. The standard InChI is InChI=1S/C20H27N3O6/c1-11-8-23(9-12(2)29-11)10-17(24)22-18-13-6-15(26-3)16(27-4)7-14(13)21-19(18)20(25)28-5/h6-7,11-12,21H,8-10H2,1-5H3,(H,22,24)/t11-,12-/m1/s1. The Labute approximate surface area is 169 Å². The summed E-state index contributed by atoms with van der Waals surface area (Å²) in [4.78, 5) is 30.1. The summed E-state index contributed by atoms with van der Waals surface area (Å²) >= 11 is 0. The molecule has 0 aliphatic carbocycles. The van der Waals surface area contributed by atoms with Crippen LogP contribution in [-0.2, 0) is 14.3 Å². The summed E-state index contributed by atoms with van der Waals surface area (Å²) in [6, 6.07) is 3.42. The van der Waals surface area contributed by atoms with E-state index >= 15 is 0 Å². The van der Waals surface area contributed by atoms with Crippen LogP contribution in [-0.4, -0.2) is 74.9 Å². The minimum atomic E-state index is -0.581. The summed E-state index contributed by atoms with van der Waals surface area (Å²) < 4.78 is 21.2. The lowest BCUT2D eigenvalue weighted by molar-refractivity contribution is -0.121. The summed E-state index contributed by atoms with van der Waals surface area (Å²) in [6.07, 6.45) is 0.115. The number of methoxy groups -OCH3 is 3. The number of ether oxygens (including phenoxy) is 4. The van der Waals surface area contributed by atoms with Crippen molar-refractivity contribution in [3.8, 4) is 11.5 Å². The SMILES string of the molecule is COC(=O)c1[nH]c2cc(OC)c(OC)cc2c1NC(=O)CN1C[C@@H](C)O[C@H](C)C1. The number of carbonyl (C=O) groups excluding carboxylic acids is 2. The van der Waals surface area contributed by atoms with E-state index in [9.17, 15) is 9.59 Å². The number of anilines is 1. The van der Waals surface area contributed by atoms with Crippen LogP contribution in [0.1, 0.15) is 24.3 Å². The Kier molecular flexibility index (Phi) is 6.29. The first-order valence-corrected chi connectivity index (χ1v) is 9.39. The quantitative estimate of drug-likeness (QED) is 0.709. The van der Waals surface area contributed by atoms with Gasteiger partial charge in [0, 0.05) is 24.5 Å². The molecule has 1 amide bonds. The van der Waals surface area contributed by atoms with Gasteiger partial charge in [-0.3, -0.25) is 9.69 Å². The van der Waals surface area contributed by atoms with Crippen LogP contribution in [0.3, 0.4) is 0 Å². The average molecular weight is 405 g/mol. The summed E-state index contributed by atoms with van der Waals surface area (Å²) in [5, 5.41) is 3.49. The Morgan fingerprint density at radius 1 is 1.14 bits per heavy atom. The van der Waals surface area contributed by atoms with Crippen molar-refractivity contribution < 1.29 is 28.5 Å². The topological polar surface area (TPSA) is 102 Å². The molecule has 0 unspecified atom stereocenters. The van der Waals surface area contributed by atoms with Gasteiger partial charge in [0.15, 0.2) is 11.5 Å². The van der Waals surface area contributed by atoms with Gasteiger partial charge in [0.05, 0.1) is 51.3 Å². The maximum atomic E-state index is 12.8. The third-order valence-electron chi connectivity index (χ3n) is 4.82. The molecule has 158 valence electrons. The van der Waals surface area contributed by atoms with Crippen molar-refractivity contribution in [1.29, 1.82) is 0 Å². The van der Waals surface area contributed by atoms with Crippen molar-refractivity contribution in [2.45, 2.75) is 26.1 Å². The highest BCUT2D eigenvalue weighted by atomic mass is 16.5. The summed E-state index contributed by atoms with van der Waals surface area (Å²) in [5.41, 5.74) is 1.13. The molecule has 1 fully saturated rings. The van der Waals surface area contributed by atoms with Gasteiger partial charge in [0.2, 0.25) is 5.91 Å². The Hall–Kier alpha value is -2.78. The van der Waals surface area contributed by atoms with Crippen LogP contribution in [0.2, 0.25) is 0 Å². The van der Waals surface area contributed by atoms with E-state index in [-0.39, 0.29) is 30.4 Å². The highest BCUT2D eigenvalue weighted by Crippen LogP contribution is 2.37. The zero-order chi connectivity index (χ0) is 21.1. The number of esters is 1. The van der Waals surface area contributed by atoms with Gasteiger partial charge in [0.1, 0.15) is 5.69 Å². The van der Waals surface area contributed by atoms with Crippen molar-refractivity contribution in [3.63, 3.8) is 0 Å². The fourth-order valence-electron chi connectivity index (χ4n) is 3.70. The predicted molar refractivity (Wildman–Crippen MR) is 108 cm³/mol. The van der Waals surface area contributed by atoms with E-state index in [2.05, 4.69) is 10.3 Å². The Bertz CT molecular complexity index is 899. The second kappa shape index (κ2) is 8.71. The van der Waals surface area contributed by atoms with Gasteiger partial charge < -0.3 is 29.2 Å². The van der Waals surface area contributed by atoms with Gasteiger partial charge in [-0.1, -0.05) is 0 Å². The molecule has 1 aliphatic rings. The number of hydrogen-bond acceptors (Lipinski definition) is 7. The highest BCUT2D eigenvalue weighted by molar-refractivity contribution is 6.11. The predicted octanol–water partition coefficient (Wildman–Crippen LogP) is 2.02. The van der Waals surface area contributed by atoms with E-state index in [0.717, 1.165) is 0 Å². The first-order chi connectivity index (χ1) is 13.9. The molecule has 1 saturated heterocycles. The van der Waals surface area contributed by atoms with Gasteiger partial charge in [-0.2, -0.15) is 0 Å². The molecule has 2 N–H and O–H groups in total. The summed E-state index contributed by atoms with van der Waals surface area (Å²) in [6.45, 7) is 5.49. The number of aromatic nitrogens is 1. The molecule has 1 aromatic carbocycles. The third kappa shape index (κ3) is 4.46. The Morgan fingerprint density at radius 2 is 1.76 bits per heavy atom. The number of carbonyl (C=O) groups is 2. The van der Waals surface area contributed by atoms with Crippen molar-refractivity contribution in [2.75, 3.05) is 46.3 Å². The number of H-pyrrole nitrogens is 1. The number of benzene rings is 1. The lowest BCUT2D eigenvalue weighted by atomic mass is 10.2. The van der Waals surface area contributed by atoms with E-state index in [1.165, 1.54) is 21.3 Å². The van der Waals surface area contributed by atoms with Gasteiger partial charge in [-0.05, 0) is 19.9 Å². The van der Waals surface area contributed by atoms with Gasteiger partial charge in [-0.15, -0.1) is 0 Å².